The van der Waals surface area contributed by atoms with Gasteiger partial charge < -0.3 is 5.11 Å². The molecule has 0 bridgehead atoms. The number of carbonyl (C=O) groups is 1. The molecule has 1 aliphatic heterocycles. The molecular weight excluding hydrogens is 130 g/mol. The Labute approximate surface area is 60.6 Å². The maximum Gasteiger partial charge on any atom is 0.160 e. The predicted octanol–water partition coefficient (Wildman–Crippen LogP) is -0.358. The van der Waals surface area contributed by atoms with Crippen LogP contribution in [0.25, 0.3) is 0 Å². The highest BCUT2D eigenvalue weighted by Crippen LogP contribution is 2.09. The van der Waals surface area contributed by atoms with Crippen LogP contribution in [-0.4, -0.2) is 41.0 Å². The Balaban J connectivity index is 2.22. The van der Waals surface area contributed by atoms with Gasteiger partial charge in [0.15, 0.2) is 5.78 Å². The van der Waals surface area contributed by atoms with E-state index >= 15 is 0 Å². The van der Waals surface area contributed by atoms with E-state index in [9.17, 15) is 9.90 Å². The molecule has 3 nitrogen and oxygen atoms in total. The van der Waals surface area contributed by atoms with Gasteiger partial charge in [-0.2, -0.15) is 0 Å². The van der Waals surface area contributed by atoms with E-state index in [1.54, 1.807) is 13.8 Å². The Bertz CT molecular complexity index is 140. The van der Waals surface area contributed by atoms with Crippen molar-refractivity contribution in [2.24, 2.45) is 0 Å². The highest BCUT2D eigenvalue weighted by atomic mass is 16.3. The Morgan fingerprint density at radius 3 is 2.40 bits per heavy atom. The van der Waals surface area contributed by atoms with Gasteiger partial charge in [0.05, 0.1) is 18.7 Å². The quantitative estimate of drug-likeness (QED) is 0.574. The van der Waals surface area contributed by atoms with Crippen LogP contribution < -0.4 is 0 Å². The molecule has 0 aliphatic carbocycles. The Kier molecular flexibility index (Phi) is 1.79. The van der Waals surface area contributed by atoms with Crippen LogP contribution in [0.3, 0.4) is 0 Å². The Morgan fingerprint density at radius 2 is 2.10 bits per heavy atom. The summed E-state index contributed by atoms with van der Waals surface area (Å²) in [6, 6.07) is 0. The van der Waals surface area contributed by atoms with Crippen molar-refractivity contribution < 1.29 is 9.90 Å². The van der Waals surface area contributed by atoms with E-state index in [2.05, 4.69) is 0 Å². The number of Topliss-reactive ketones (excluding diaryl/α,β-unsaturated/α-hetero) is 1. The van der Waals surface area contributed by atoms with Gasteiger partial charge in [-0.1, -0.05) is 0 Å². The summed E-state index contributed by atoms with van der Waals surface area (Å²) in [6.45, 7) is 5.12. The molecule has 58 valence electrons. The Hall–Kier alpha value is -0.410. The van der Waals surface area contributed by atoms with Gasteiger partial charge in [-0.25, -0.2) is 0 Å². The number of carbonyl (C=O) groups excluding carboxylic acids is 1. The standard InChI is InChI=1S/C7H13NO2/c1-7(2,10)5-8-3-6(9)4-8/h10H,3-5H2,1-2H3. The van der Waals surface area contributed by atoms with E-state index in [1.807, 2.05) is 4.90 Å². The van der Waals surface area contributed by atoms with Gasteiger partial charge in [0.1, 0.15) is 0 Å². The van der Waals surface area contributed by atoms with Crippen LogP contribution in [0.5, 0.6) is 0 Å². The number of likely N-dealkylation sites (tertiary alicyclic amines) is 1. The van der Waals surface area contributed by atoms with E-state index in [0.29, 0.717) is 19.6 Å². The zero-order valence-electron chi connectivity index (χ0n) is 6.42. The van der Waals surface area contributed by atoms with Gasteiger partial charge >= 0.3 is 0 Å². The molecule has 0 amide bonds. The summed E-state index contributed by atoms with van der Waals surface area (Å²) >= 11 is 0. The van der Waals surface area contributed by atoms with E-state index < -0.39 is 5.60 Å². The number of ketones is 1. The lowest BCUT2D eigenvalue weighted by molar-refractivity contribution is -0.131. The average Bonchev–Trinajstić information content (AvgIpc) is 1.57. The molecule has 1 N–H and O–H groups in total. The van der Waals surface area contributed by atoms with E-state index in [-0.39, 0.29) is 5.78 Å². The molecule has 1 heterocycles. The first-order valence-electron chi connectivity index (χ1n) is 3.44. The van der Waals surface area contributed by atoms with Gasteiger partial charge in [0.25, 0.3) is 0 Å². The molecule has 0 atom stereocenters. The van der Waals surface area contributed by atoms with Crippen LogP contribution in [0.1, 0.15) is 13.8 Å². The van der Waals surface area contributed by atoms with Crippen molar-refractivity contribution in [2.45, 2.75) is 19.4 Å². The van der Waals surface area contributed by atoms with Crippen molar-refractivity contribution in [3.63, 3.8) is 0 Å². The Morgan fingerprint density at radius 1 is 1.60 bits per heavy atom. The minimum atomic E-state index is -0.666. The van der Waals surface area contributed by atoms with Crippen molar-refractivity contribution in [1.29, 1.82) is 0 Å². The van der Waals surface area contributed by atoms with E-state index in [4.69, 9.17) is 0 Å². The summed E-state index contributed by atoms with van der Waals surface area (Å²) in [5.74, 6) is 0.268. The number of aliphatic hydroxyl groups is 1. The topological polar surface area (TPSA) is 40.5 Å². The highest BCUT2D eigenvalue weighted by molar-refractivity contribution is 5.87. The van der Waals surface area contributed by atoms with Crippen molar-refractivity contribution in [3.05, 3.63) is 0 Å². The summed E-state index contributed by atoms with van der Waals surface area (Å²) in [4.78, 5) is 12.4. The lowest BCUT2D eigenvalue weighted by Crippen LogP contribution is -2.52. The van der Waals surface area contributed by atoms with Crippen LogP contribution in [-0.2, 0) is 4.79 Å². The number of hydrogen-bond donors (Lipinski definition) is 1. The first-order chi connectivity index (χ1) is 4.47. The summed E-state index contributed by atoms with van der Waals surface area (Å²) < 4.78 is 0. The second-order valence-electron chi connectivity index (χ2n) is 3.50. The van der Waals surface area contributed by atoms with Crippen LogP contribution in [0.2, 0.25) is 0 Å². The maximum atomic E-state index is 10.5. The fourth-order valence-electron chi connectivity index (χ4n) is 1.11. The zero-order chi connectivity index (χ0) is 7.78. The van der Waals surface area contributed by atoms with Gasteiger partial charge in [-0.3, -0.25) is 9.69 Å². The molecule has 0 aromatic rings. The smallest absolute Gasteiger partial charge is 0.160 e. The maximum absolute atomic E-state index is 10.5. The third kappa shape index (κ3) is 2.08. The minimum absolute atomic E-state index is 0.268. The first kappa shape index (κ1) is 7.69. The lowest BCUT2D eigenvalue weighted by Gasteiger charge is -2.33. The average molecular weight is 143 g/mol. The van der Waals surface area contributed by atoms with Crippen molar-refractivity contribution in [1.82, 2.24) is 4.90 Å². The normalized spacial score (nSPS) is 20.9. The minimum Gasteiger partial charge on any atom is -0.389 e. The molecule has 0 unspecified atom stereocenters. The molecule has 1 rings (SSSR count). The number of hydrogen-bond acceptors (Lipinski definition) is 3. The predicted molar refractivity (Wildman–Crippen MR) is 37.7 cm³/mol. The largest absolute Gasteiger partial charge is 0.389 e. The van der Waals surface area contributed by atoms with E-state index in [1.165, 1.54) is 0 Å². The fourth-order valence-corrected chi connectivity index (χ4v) is 1.11. The SMILES string of the molecule is CC(C)(O)CN1CC(=O)C1. The molecular formula is C7H13NO2. The second-order valence-corrected chi connectivity index (χ2v) is 3.50. The molecule has 10 heavy (non-hydrogen) atoms. The molecule has 1 saturated heterocycles. The molecule has 1 aliphatic rings. The molecule has 0 radical (unpaired) electrons. The van der Waals surface area contributed by atoms with Crippen LogP contribution in [0, 0.1) is 0 Å². The third-order valence-electron chi connectivity index (χ3n) is 1.41. The number of β-amino-alcohol motifs (C(OH)–C–C–N with tert-alkyl or cyclic N) is 1. The molecule has 0 aromatic heterocycles. The monoisotopic (exact) mass is 143 g/mol. The van der Waals surface area contributed by atoms with Crippen molar-refractivity contribution >= 4 is 5.78 Å². The van der Waals surface area contributed by atoms with Crippen molar-refractivity contribution in [2.75, 3.05) is 19.6 Å². The molecule has 0 saturated carbocycles. The first-order valence-corrected chi connectivity index (χ1v) is 3.44. The van der Waals surface area contributed by atoms with Crippen LogP contribution in [0.15, 0.2) is 0 Å². The summed E-state index contributed by atoms with van der Waals surface area (Å²) in [7, 11) is 0. The van der Waals surface area contributed by atoms with Crippen LogP contribution in [0.4, 0.5) is 0 Å². The van der Waals surface area contributed by atoms with Gasteiger partial charge in [-0.05, 0) is 13.8 Å². The number of nitrogens with zero attached hydrogens (tertiary/aromatic N) is 1. The number of rotatable bonds is 2. The van der Waals surface area contributed by atoms with Crippen LogP contribution >= 0.6 is 0 Å². The van der Waals surface area contributed by atoms with E-state index in [0.717, 1.165) is 0 Å². The highest BCUT2D eigenvalue weighted by Gasteiger charge is 2.27. The molecule has 0 spiro atoms. The summed E-state index contributed by atoms with van der Waals surface area (Å²) in [6.07, 6.45) is 0. The van der Waals surface area contributed by atoms with Gasteiger partial charge in [0.2, 0.25) is 0 Å². The summed E-state index contributed by atoms with van der Waals surface area (Å²) in [5.41, 5.74) is -0.666. The lowest BCUT2D eigenvalue weighted by atomic mass is 10.1. The van der Waals surface area contributed by atoms with Gasteiger partial charge in [-0.15, -0.1) is 0 Å². The summed E-state index contributed by atoms with van der Waals surface area (Å²) in [5, 5.41) is 9.29. The molecule has 3 heteroatoms. The molecule has 0 aromatic carbocycles. The second kappa shape index (κ2) is 2.32. The zero-order valence-corrected chi connectivity index (χ0v) is 6.42. The van der Waals surface area contributed by atoms with Gasteiger partial charge in [0, 0.05) is 6.54 Å². The van der Waals surface area contributed by atoms with Crippen molar-refractivity contribution in [3.8, 4) is 0 Å². The fraction of sp³-hybridized carbons (Fsp3) is 0.857. The third-order valence-corrected chi connectivity index (χ3v) is 1.41. The molecule has 1 fully saturated rings.